The van der Waals surface area contributed by atoms with E-state index in [-0.39, 0.29) is 12.1 Å². The number of carbonyl (C=O) groups is 1. The zero-order valence-electron chi connectivity index (χ0n) is 13.4. The summed E-state index contributed by atoms with van der Waals surface area (Å²) in [5, 5.41) is 0. The SMILES string of the molecule is COC(=O)CCCC#CC#CCCCCC1OC1C#CC=CBr. The van der Waals surface area contributed by atoms with Gasteiger partial charge in [0.25, 0.3) is 0 Å². The molecule has 1 rings (SSSR count). The Balaban J connectivity index is 1.97. The Morgan fingerprint density at radius 1 is 1.22 bits per heavy atom. The van der Waals surface area contributed by atoms with Crippen LogP contribution in [-0.4, -0.2) is 25.3 Å². The molecular weight excluding hydrogens is 356 g/mol. The van der Waals surface area contributed by atoms with Gasteiger partial charge in [0.1, 0.15) is 6.10 Å². The van der Waals surface area contributed by atoms with Crippen molar-refractivity contribution in [3.05, 3.63) is 11.1 Å². The van der Waals surface area contributed by atoms with Crippen molar-refractivity contribution in [3.63, 3.8) is 0 Å². The van der Waals surface area contributed by atoms with E-state index in [1.165, 1.54) is 7.11 Å². The van der Waals surface area contributed by atoms with Crippen LogP contribution >= 0.6 is 15.9 Å². The second-order valence-corrected chi connectivity index (χ2v) is 5.48. The molecule has 0 saturated carbocycles. The summed E-state index contributed by atoms with van der Waals surface area (Å²) in [5.74, 6) is 17.4. The monoisotopic (exact) mass is 376 g/mol. The highest BCUT2D eigenvalue weighted by Crippen LogP contribution is 2.26. The third-order valence-corrected chi connectivity index (χ3v) is 3.41. The molecular formula is C19H21BrO3. The second-order valence-electron chi connectivity index (χ2n) is 4.96. The van der Waals surface area contributed by atoms with E-state index in [9.17, 15) is 4.79 Å². The van der Waals surface area contributed by atoms with Crippen molar-refractivity contribution in [1.82, 2.24) is 0 Å². The van der Waals surface area contributed by atoms with Crippen molar-refractivity contribution in [2.24, 2.45) is 0 Å². The number of allylic oxidation sites excluding steroid dienone is 1. The van der Waals surface area contributed by atoms with E-state index in [0.717, 1.165) is 32.1 Å². The Labute approximate surface area is 147 Å². The van der Waals surface area contributed by atoms with Gasteiger partial charge in [0.2, 0.25) is 0 Å². The average molecular weight is 377 g/mol. The van der Waals surface area contributed by atoms with Crippen LogP contribution in [0.3, 0.4) is 0 Å². The van der Waals surface area contributed by atoms with Crippen LogP contribution in [0.2, 0.25) is 0 Å². The van der Waals surface area contributed by atoms with Gasteiger partial charge in [-0.25, -0.2) is 0 Å². The minimum atomic E-state index is -0.190. The first-order valence-corrected chi connectivity index (χ1v) is 8.63. The van der Waals surface area contributed by atoms with Crippen LogP contribution in [-0.2, 0) is 14.3 Å². The van der Waals surface area contributed by atoms with E-state index in [2.05, 4.69) is 56.2 Å². The number of unbranched alkanes of at least 4 members (excludes halogenated alkanes) is 3. The highest BCUT2D eigenvalue weighted by molar-refractivity contribution is 9.11. The largest absolute Gasteiger partial charge is 0.469 e. The van der Waals surface area contributed by atoms with Crippen molar-refractivity contribution < 1.29 is 14.3 Å². The van der Waals surface area contributed by atoms with Crippen LogP contribution in [0.1, 0.15) is 44.9 Å². The van der Waals surface area contributed by atoms with E-state index in [1.807, 2.05) is 0 Å². The highest BCUT2D eigenvalue weighted by atomic mass is 79.9. The van der Waals surface area contributed by atoms with Gasteiger partial charge >= 0.3 is 5.97 Å². The fraction of sp³-hybridized carbons (Fsp3) is 0.526. The number of epoxide rings is 1. The molecule has 0 bridgehead atoms. The summed E-state index contributed by atoms with van der Waals surface area (Å²) >= 11 is 3.17. The molecule has 0 amide bonds. The summed E-state index contributed by atoms with van der Waals surface area (Å²) < 4.78 is 10.0. The lowest BCUT2D eigenvalue weighted by molar-refractivity contribution is -0.140. The molecule has 0 radical (unpaired) electrons. The van der Waals surface area contributed by atoms with Gasteiger partial charge in [-0.3, -0.25) is 4.79 Å². The predicted molar refractivity (Wildman–Crippen MR) is 94.4 cm³/mol. The maximum Gasteiger partial charge on any atom is 0.305 e. The van der Waals surface area contributed by atoms with Crippen LogP contribution in [0.25, 0.3) is 0 Å². The molecule has 0 aromatic carbocycles. The zero-order chi connectivity index (χ0) is 16.8. The number of hydrogen-bond donors (Lipinski definition) is 0. The smallest absolute Gasteiger partial charge is 0.305 e. The molecule has 1 saturated heterocycles. The van der Waals surface area contributed by atoms with E-state index >= 15 is 0 Å². The first-order chi connectivity index (χ1) is 11.3. The average Bonchev–Trinajstić information content (AvgIpc) is 3.30. The molecule has 0 spiro atoms. The summed E-state index contributed by atoms with van der Waals surface area (Å²) in [6, 6.07) is 0. The molecule has 122 valence electrons. The molecule has 1 aliphatic rings. The van der Waals surface area contributed by atoms with Crippen molar-refractivity contribution in [2.75, 3.05) is 7.11 Å². The molecule has 2 atom stereocenters. The van der Waals surface area contributed by atoms with Crippen LogP contribution in [0.15, 0.2) is 11.1 Å². The van der Waals surface area contributed by atoms with Crippen LogP contribution in [0.4, 0.5) is 0 Å². The molecule has 0 aliphatic carbocycles. The first-order valence-electron chi connectivity index (χ1n) is 7.72. The van der Waals surface area contributed by atoms with Gasteiger partial charge in [0.05, 0.1) is 13.2 Å². The van der Waals surface area contributed by atoms with Crippen molar-refractivity contribution >= 4 is 21.9 Å². The summed E-state index contributed by atoms with van der Waals surface area (Å²) in [4.78, 5) is 12.6. The second kappa shape index (κ2) is 12.8. The zero-order valence-corrected chi connectivity index (χ0v) is 14.9. The molecule has 3 nitrogen and oxygen atoms in total. The van der Waals surface area contributed by atoms with Crippen molar-refractivity contribution in [2.45, 2.75) is 57.2 Å². The lowest BCUT2D eigenvalue weighted by Gasteiger charge is -1.93. The normalized spacial score (nSPS) is 18.0. The molecule has 23 heavy (non-hydrogen) atoms. The lowest BCUT2D eigenvalue weighted by Crippen LogP contribution is -1.98. The molecule has 2 unspecified atom stereocenters. The molecule has 0 aromatic heterocycles. The molecule has 1 heterocycles. The number of methoxy groups -OCH3 is 1. The molecule has 0 aromatic rings. The lowest BCUT2D eigenvalue weighted by atomic mass is 10.1. The maximum absolute atomic E-state index is 10.9. The number of ether oxygens (including phenoxy) is 2. The van der Waals surface area contributed by atoms with E-state index in [0.29, 0.717) is 18.9 Å². The Bertz CT molecular complexity index is 575. The van der Waals surface area contributed by atoms with Crippen LogP contribution in [0, 0.1) is 35.5 Å². The summed E-state index contributed by atoms with van der Waals surface area (Å²) in [7, 11) is 1.39. The summed E-state index contributed by atoms with van der Waals surface area (Å²) in [5.41, 5.74) is 0. The minimum Gasteiger partial charge on any atom is -0.469 e. The van der Waals surface area contributed by atoms with Gasteiger partial charge in [-0.05, 0) is 48.6 Å². The molecule has 4 heteroatoms. The third-order valence-electron chi connectivity index (χ3n) is 3.14. The quantitative estimate of drug-likeness (QED) is 0.295. The summed E-state index contributed by atoms with van der Waals surface area (Å²) in [6.45, 7) is 0. The molecule has 1 fully saturated rings. The molecule has 0 N–H and O–H groups in total. The van der Waals surface area contributed by atoms with Gasteiger partial charge in [-0.2, -0.15) is 0 Å². The van der Waals surface area contributed by atoms with E-state index in [1.54, 1.807) is 11.1 Å². The maximum atomic E-state index is 10.9. The number of rotatable bonds is 7. The van der Waals surface area contributed by atoms with Gasteiger partial charge in [-0.15, -0.1) is 0 Å². The number of esters is 1. The summed E-state index contributed by atoms with van der Waals surface area (Å²) in [6.07, 6.45) is 8.02. The fourth-order valence-electron chi connectivity index (χ4n) is 1.85. The van der Waals surface area contributed by atoms with Gasteiger partial charge < -0.3 is 9.47 Å². The van der Waals surface area contributed by atoms with Crippen molar-refractivity contribution in [1.29, 1.82) is 0 Å². The topological polar surface area (TPSA) is 38.8 Å². The van der Waals surface area contributed by atoms with Crippen LogP contribution in [0.5, 0.6) is 0 Å². The van der Waals surface area contributed by atoms with Gasteiger partial charge in [0, 0.05) is 19.3 Å². The van der Waals surface area contributed by atoms with Gasteiger partial charge in [-0.1, -0.05) is 39.6 Å². The Morgan fingerprint density at radius 3 is 2.65 bits per heavy atom. The Morgan fingerprint density at radius 2 is 1.96 bits per heavy atom. The van der Waals surface area contributed by atoms with Crippen molar-refractivity contribution in [3.8, 4) is 35.5 Å². The highest BCUT2D eigenvalue weighted by Gasteiger charge is 2.36. The van der Waals surface area contributed by atoms with Crippen LogP contribution < -0.4 is 0 Å². The number of hydrogen-bond acceptors (Lipinski definition) is 3. The number of carbonyl (C=O) groups excluding carboxylic acids is 1. The number of halogens is 1. The standard InChI is InChI=1S/C19H21BrO3/c1-22-19(21)15-10-8-6-4-2-3-5-7-9-13-17-18(23-17)14-11-12-16-20/h12,16-18H,5,7-10,13,15H2,1H3. The third kappa shape index (κ3) is 10.6. The van der Waals surface area contributed by atoms with E-state index < -0.39 is 0 Å². The molecule has 1 aliphatic heterocycles. The first kappa shape index (κ1) is 19.4. The minimum absolute atomic E-state index is 0.112. The Kier molecular flexibility index (Phi) is 10.8. The fourth-order valence-corrected chi connectivity index (χ4v) is 1.98. The van der Waals surface area contributed by atoms with Gasteiger partial charge in [0.15, 0.2) is 0 Å². The van der Waals surface area contributed by atoms with E-state index in [4.69, 9.17) is 4.74 Å². The predicted octanol–water partition coefficient (Wildman–Crippen LogP) is 3.58. The Hall–Kier alpha value is -1.67.